The lowest BCUT2D eigenvalue weighted by atomic mass is 10.3. The Hall–Kier alpha value is -3.16. The number of nitrogens with zero attached hydrogens (tertiary/aromatic N) is 3. The van der Waals surface area contributed by atoms with Crippen molar-refractivity contribution in [1.29, 1.82) is 5.41 Å². The van der Waals surface area contributed by atoms with Gasteiger partial charge in [0.25, 0.3) is 0 Å². The van der Waals surface area contributed by atoms with E-state index in [0.29, 0.717) is 11.5 Å². The van der Waals surface area contributed by atoms with Crippen molar-refractivity contribution in [3.63, 3.8) is 0 Å². The zero-order valence-electron chi connectivity index (χ0n) is 13.3. The van der Waals surface area contributed by atoms with Gasteiger partial charge in [-0.3, -0.25) is 9.48 Å². The Morgan fingerprint density at radius 2 is 2.25 bits per heavy atom. The highest BCUT2D eigenvalue weighted by atomic mass is 16.2. The lowest BCUT2D eigenvalue weighted by molar-refractivity contribution is -0.121. The number of anilines is 3. The van der Waals surface area contributed by atoms with Crippen molar-refractivity contribution in [3.05, 3.63) is 42.6 Å². The van der Waals surface area contributed by atoms with Crippen molar-refractivity contribution >= 4 is 29.3 Å². The van der Waals surface area contributed by atoms with Crippen molar-refractivity contribution in [1.82, 2.24) is 20.1 Å². The van der Waals surface area contributed by atoms with E-state index < -0.39 is 0 Å². The summed E-state index contributed by atoms with van der Waals surface area (Å²) < 4.78 is 1.70. The molecule has 0 aliphatic heterocycles. The molecule has 8 heteroatoms. The highest BCUT2D eigenvalue weighted by Crippen LogP contribution is 2.28. The molecular weight excluding hydrogens is 306 g/mol. The number of nitrogens with one attached hydrogen (secondary N) is 4. The average molecular weight is 325 g/mol. The molecule has 1 saturated carbocycles. The van der Waals surface area contributed by atoms with Crippen LogP contribution in [-0.4, -0.2) is 26.9 Å². The fourth-order valence-corrected chi connectivity index (χ4v) is 2.09. The molecule has 1 aliphatic carbocycles. The molecule has 24 heavy (non-hydrogen) atoms. The third kappa shape index (κ3) is 4.19. The van der Waals surface area contributed by atoms with Crippen molar-refractivity contribution in [2.24, 2.45) is 13.0 Å². The second-order valence-electron chi connectivity index (χ2n) is 5.61. The summed E-state index contributed by atoms with van der Waals surface area (Å²) >= 11 is 0. The number of carbonyl (C=O) groups excluding carboxylic acids is 1. The van der Waals surface area contributed by atoms with E-state index in [-0.39, 0.29) is 11.8 Å². The van der Waals surface area contributed by atoms with Crippen LogP contribution in [0.5, 0.6) is 0 Å². The second-order valence-corrected chi connectivity index (χ2v) is 5.61. The van der Waals surface area contributed by atoms with Gasteiger partial charge in [0.05, 0.1) is 17.6 Å². The van der Waals surface area contributed by atoms with Gasteiger partial charge in [-0.2, -0.15) is 5.10 Å². The lowest BCUT2D eigenvalue weighted by Gasteiger charge is -2.08. The predicted molar refractivity (Wildman–Crippen MR) is 92.1 cm³/mol. The number of pyridine rings is 1. The van der Waals surface area contributed by atoms with E-state index in [1.165, 1.54) is 0 Å². The Morgan fingerprint density at radius 3 is 2.92 bits per heavy atom. The zero-order chi connectivity index (χ0) is 16.9. The Bertz CT molecular complexity index is 776. The molecule has 0 spiro atoms. The third-order valence-corrected chi connectivity index (χ3v) is 3.50. The summed E-state index contributed by atoms with van der Waals surface area (Å²) in [5.74, 6) is 0.740. The minimum absolute atomic E-state index is 0.0276. The van der Waals surface area contributed by atoms with Gasteiger partial charge >= 0.3 is 0 Å². The van der Waals surface area contributed by atoms with Crippen molar-refractivity contribution < 1.29 is 4.79 Å². The van der Waals surface area contributed by atoms with E-state index >= 15 is 0 Å². The van der Waals surface area contributed by atoms with Gasteiger partial charge in [-0.15, -0.1) is 0 Å². The Morgan fingerprint density at radius 1 is 1.42 bits per heavy atom. The molecule has 124 valence electrons. The molecule has 0 unspecified atom stereocenters. The zero-order valence-corrected chi connectivity index (χ0v) is 13.3. The van der Waals surface area contributed by atoms with Crippen molar-refractivity contribution in [3.8, 4) is 0 Å². The highest BCUT2D eigenvalue weighted by molar-refractivity contribution is 5.89. The molecule has 3 rings (SSSR count). The lowest BCUT2D eigenvalue weighted by Crippen LogP contribution is -2.25. The van der Waals surface area contributed by atoms with Crippen LogP contribution < -0.4 is 16.0 Å². The number of hydrogen-bond donors (Lipinski definition) is 4. The smallest absolute Gasteiger partial charge is 0.227 e. The quantitative estimate of drug-likeness (QED) is 0.582. The van der Waals surface area contributed by atoms with Crippen LogP contribution in [-0.2, 0) is 11.8 Å². The van der Waals surface area contributed by atoms with Gasteiger partial charge < -0.3 is 21.4 Å². The summed E-state index contributed by atoms with van der Waals surface area (Å²) in [6, 6.07) is 3.63. The number of allylic oxidation sites excluding steroid dienone is 1. The van der Waals surface area contributed by atoms with Crippen LogP contribution in [0.15, 0.2) is 42.6 Å². The molecule has 1 fully saturated rings. The number of aromatic nitrogens is 3. The minimum Gasteiger partial charge on any atom is -0.360 e. The largest absolute Gasteiger partial charge is 0.360 e. The van der Waals surface area contributed by atoms with E-state index in [4.69, 9.17) is 5.41 Å². The van der Waals surface area contributed by atoms with Crippen LogP contribution in [0.25, 0.3) is 0 Å². The fraction of sp³-hybridized carbons (Fsp3) is 0.250. The third-order valence-electron chi connectivity index (χ3n) is 3.50. The molecule has 0 bridgehead atoms. The topological polar surface area (TPSA) is 108 Å². The molecule has 1 aliphatic rings. The van der Waals surface area contributed by atoms with Gasteiger partial charge in [0.2, 0.25) is 5.91 Å². The Labute approximate surface area is 139 Å². The number of rotatable bonds is 7. The second kappa shape index (κ2) is 6.95. The van der Waals surface area contributed by atoms with Crippen LogP contribution in [0.1, 0.15) is 12.8 Å². The van der Waals surface area contributed by atoms with Crippen LogP contribution in [0, 0.1) is 11.3 Å². The van der Waals surface area contributed by atoms with Crippen LogP contribution >= 0.6 is 0 Å². The summed E-state index contributed by atoms with van der Waals surface area (Å²) in [7, 11) is 1.84. The van der Waals surface area contributed by atoms with E-state index in [9.17, 15) is 4.79 Å². The number of hydrogen-bond acceptors (Lipinski definition) is 6. The average Bonchev–Trinajstić information content (AvgIpc) is 3.35. The molecule has 0 atom stereocenters. The molecular formula is C16H19N7O. The SMILES string of the molecule is Cn1cc(Nc2cc(N/C=C(\C=N)NC(=O)C3CC3)ccn2)cn1. The van der Waals surface area contributed by atoms with Gasteiger partial charge in [-0.25, -0.2) is 4.98 Å². The summed E-state index contributed by atoms with van der Waals surface area (Å²) in [6.07, 6.45) is 9.79. The Kier molecular flexibility index (Phi) is 4.55. The van der Waals surface area contributed by atoms with E-state index in [2.05, 4.69) is 26.0 Å². The number of amides is 1. The summed E-state index contributed by atoms with van der Waals surface area (Å²) in [6.45, 7) is 0. The molecule has 4 N–H and O–H groups in total. The van der Waals surface area contributed by atoms with E-state index in [1.54, 1.807) is 29.3 Å². The molecule has 2 heterocycles. The molecule has 0 saturated heterocycles. The first-order chi connectivity index (χ1) is 11.6. The van der Waals surface area contributed by atoms with E-state index in [0.717, 1.165) is 30.4 Å². The summed E-state index contributed by atoms with van der Waals surface area (Å²) in [4.78, 5) is 16.0. The van der Waals surface area contributed by atoms with Crippen molar-refractivity contribution in [2.45, 2.75) is 12.8 Å². The predicted octanol–water partition coefficient (Wildman–Crippen LogP) is 1.99. The summed E-state index contributed by atoms with van der Waals surface area (Å²) in [5.41, 5.74) is 2.05. The van der Waals surface area contributed by atoms with Gasteiger partial charge in [0, 0.05) is 49.5 Å². The number of carbonyl (C=O) groups is 1. The molecule has 1 amide bonds. The minimum atomic E-state index is -0.0276. The molecule has 0 radical (unpaired) electrons. The molecule has 2 aromatic heterocycles. The first kappa shape index (κ1) is 15.7. The maximum absolute atomic E-state index is 11.7. The van der Waals surface area contributed by atoms with Gasteiger partial charge in [-0.05, 0) is 18.9 Å². The molecule has 8 nitrogen and oxygen atoms in total. The van der Waals surface area contributed by atoms with Crippen LogP contribution in [0.3, 0.4) is 0 Å². The number of aryl methyl sites for hydroxylation is 1. The van der Waals surface area contributed by atoms with Gasteiger partial charge in [0.1, 0.15) is 5.82 Å². The first-order valence-corrected chi connectivity index (χ1v) is 7.64. The highest BCUT2D eigenvalue weighted by Gasteiger charge is 2.29. The Balaban J connectivity index is 1.63. The molecule has 2 aromatic rings. The van der Waals surface area contributed by atoms with E-state index in [1.807, 2.05) is 19.3 Å². The van der Waals surface area contributed by atoms with Crippen LogP contribution in [0.4, 0.5) is 17.2 Å². The van der Waals surface area contributed by atoms with Crippen LogP contribution in [0.2, 0.25) is 0 Å². The normalized spacial score (nSPS) is 14.1. The van der Waals surface area contributed by atoms with Gasteiger partial charge in [-0.1, -0.05) is 0 Å². The van der Waals surface area contributed by atoms with Crippen molar-refractivity contribution in [2.75, 3.05) is 10.6 Å². The molecule has 0 aromatic carbocycles. The fourth-order valence-electron chi connectivity index (χ4n) is 2.09. The maximum Gasteiger partial charge on any atom is 0.227 e. The first-order valence-electron chi connectivity index (χ1n) is 7.64. The standard InChI is InChI=1S/C16H19N7O/c1-23-10-14(9-20-23)21-15-6-12(4-5-18-15)19-8-13(7-17)22-16(24)11-2-3-11/h4-11,17H,2-3H2,1H3,(H,22,24)(H2,18,19,21)/b13-8+,17-7?. The van der Waals surface area contributed by atoms with Gasteiger partial charge in [0.15, 0.2) is 0 Å². The summed E-state index contributed by atoms with van der Waals surface area (Å²) in [5, 5.41) is 20.4. The maximum atomic E-state index is 11.7. The monoisotopic (exact) mass is 325 g/mol.